The first-order valence-corrected chi connectivity index (χ1v) is 20.3. The summed E-state index contributed by atoms with van der Waals surface area (Å²) in [7, 11) is -8.86. The van der Waals surface area contributed by atoms with Gasteiger partial charge in [0.15, 0.2) is 14.3 Å². The third kappa shape index (κ3) is 4.47. The molecule has 0 saturated heterocycles. The zero-order chi connectivity index (χ0) is 47.8. The predicted molar refractivity (Wildman–Crippen MR) is 222 cm³/mol. The molecule has 0 atom stereocenters. The number of benzene rings is 8. The second-order valence-electron chi connectivity index (χ2n) is 12.8. The van der Waals surface area contributed by atoms with Gasteiger partial charge in [0.25, 0.3) is 0 Å². The Labute approximate surface area is 329 Å². The van der Waals surface area contributed by atoms with Crippen molar-refractivity contribution in [2.24, 2.45) is 0 Å². The predicted octanol–water partition coefficient (Wildman–Crippen LogP) is 9.31. The Morgan fingerprint density at radius 1 is 0.340 bits per heavy atom. The van der Waals surface area contributed by atoms with Crippen LogP contribution in [0.5, 0.6) is 0 Å². The second kappa shape index (κ2) is 12.1. The molecule has 8 aromatic rings. The van der Waals surface area contributed by atoms with Crippen molar-refractivity contribution in [3.05, 3.63) is 228 Å². The van der Waals surface area contributed by atoms with E-state index in [0.717, 1.165) is 0 Å². The van der Waals surface area contributed by atoms with E-state index in [1.165, 1.54) is 0 Å². The lowest BCUT2D eigenvalue weighted by atomic mass is 9.70. The second-order valence-corrected chi connectivity index (χ2v) is 18.2. The van der Waals surface area contributed by atoms with Crippen LogP contribution in [-0.4, -0.2) is 0 Å². The summed E-state index contributed by atoms with van der Waals surface area (Å²) in [5.74, 6) is 0. The molecule has 0 fully saturated rings. The maximum Gasteiger partial charge on any atom is 0.171 e. The van der Waals surface area contributed by atoms with Crippen LogP contribution in [0.4, 0.5) is 0 Å². The zero-order valence-electron chi connectivity index (χ0n) is 41.8. The van der Waals surface area contributed by atoms with E-state index in [0.29, 0.717) is 0 Å². The molecule has 0 aromatic heterocycles. The first-order valence-electron chi connectivity index (χ1n) is 23.8. The van der Waals surface area contributed by atoms with Gasteiger partial charge < -0.3 is 9.13 Å². The van der Waals surface area contributed by atoms with E-state index in [2.05, 4.69) is 0 Å². The summed E-state index contributed by atoms with van der Waals surface area (Å²) < 4.78 is 167. The molecule has 0 heterocycles. The lowest BCUT2D eigenvalue weighted by Crippen LogP contribution is -2.31. The van der Waals surface area contributed by atoms with Crippen LogP contribution in [0.2, 0.25) is 0 Å². The molecule has 0 aliphatic heterocycles. The fourth-order valence-electron chi connectivity index (χ4n) is 7.72. The molecule has 0 bridgehead atoms. The quantitative estimate of drug-likeness (QED) is 0.160. The van der Waals surface area contributed by atoms with Crippen molar-refractivity contribution < 1.29 is 28.3 Å². The molecule has 252 valence electrons. The number of hydrogen-bond donors (Lipinski definition) is 0. The average Bonchev–Trinajstić information content (AvgIpc) is 3.84. The SMILES string of the molecule is [2H]c1c([2H])c([2H])c2c(c1[2H])-c1c([2H])c([2H])c(P(=O)(c3ccccc3)c3ccccc3)c([2H])c1C21c2c([2H])c([2H])c([2H])c([2H])c2-c2c([2H])c([2H])c(P(=O)(c3ccccc3)c3ccccc3)c([2H])c21. The minimum atomic E-state index is -4.43. The lowest BCUT2D eigenvalue weighted by molar-refractivity contribution is 0.591. The molecule has 0 saturated carbocycles. The average molecular weight is 731 g/mol. The van der Waals surface area contributed by atoms with Crippen molar-refractivity contribution in [3.63, 3.8) is 0 Å². The van der Waals surface area contributed by atoms with Gasteiger partial charge in [-0.1, -0.05) is 194 Å². The topological polar surface area (TPSA) is 34.1 Å². The molecule has 2 aliphatic carbocycles. The van der Waals surface area contributed by atoms with Crippen molar-refractivity contribution in [2.75, 3.05) is 0 Å². The molecule has 0 unspecified atom stereocenters. The van der Waals surface area contributed by atoms with Crippen LogP contribution >= 0.6 is 14.3 Å². The molecule has 2 aliphatic rings. The summed E-state index contributed by atoms with van der Waals surface area (Å²) in [4.78, 5) is 0. The van der Waals surface area contributed by atoms with Gasteiger partial charge in [-0.15, -0.1) is 0 Å². The summed E-state index contributed by atoms with van der Waals surface area (Å²) >= 11 is 0. The normalized spacial score (nSPS) is 17.3. The van der Waals surface area contributed by atoms with Crippen LogP contribution in [0.15, 0.2) is 206 Å². The third-order valence-electron chi connectivity index (χ3n) is 10.1. The van der Waals surface area contributed by atoms with E-state index in [9.17, 15) is 13.7 Å². The molecule has 10 rings (SSSR count). The Hall–Kier alpha value is -5.78. The molecule has 0 radical (unpaired) electrons. The first kappa shape index (κ1) is 20.5. The van der Waals surface area contributed by atoms with E-state index < -0.39 is 159 Å². The molecular formula is C49H34O2P2. The Morgan fingerprint density at radius 3 is 0.981 bits per heavy atom. The van der Waals surface area contributed by atoms with Crippen LogP contribution in [0.25, 0.3) is 22.3 Å². The van der Waals surface area contributed by atoms with Gasteiger partial charge in [-0.2, -0.15) is 0 Å². The Balaban J connectivity index is 1.52. The highest BCUT2D eigenvalue weighted by atomic mass is 31.2. The molecule has 0 amide bonds. The monoisotopic (exact) mass is 730 g/mol. The zero-order valence-corrected chi connectivity index (χ0v) is 29.5. The standard InChI is InChI=1S/C49H34O2P2/c50-52(35-17-5-1-6-18-35,36-19-7-2-8-20-36)39-29-31-43-41-25-13-15-27-45(41)49(47(43)33-39)46-28-16-14-26-42(46)44-32-30-40(34-48(44)49)53(51,37-21-9-3-10-22-37)38-23-11-4-12-24-38/h1-34H/i13D,14D,15D,16D,25D,26D,27D,28D,29D,30D,31D,32D,33D,34D. The van der Waals surface area contributed by atoms with E-state index in [1.54, 1.807) is 121 Å². The van der Waals surface area contributed by atoms with Crippen molar-refractivity contribution in [2.45, 2.75) is 5.41 Å². The van der Waals surface area contributed by atoms with Gasteiger partial charge in [-0.05, 0) is 56.6 Å². The summed E-state index contributed by atoms with van der Waals surface area (Å²) in [5, 5.41) is -0.330. The van der Waals surface area contributed by atoms with Gasteiger partial charge >= 0.3 is 0 Å². The van der Waals surface area contributed by atoms with Crippen LogP contribution in [-0.2, 0) is 14.5 Å². The number of rotatable bonds is 6. The van der Waals surface area contributed by atoms with Gasteiger partial charge in [0, 0.05) is 31.8 Å². The van der Waals surface area contributed by atoms with Gasteiger partial charge in [-0.3, -0.25) is 0 Å². The summed E-state index contributed by atoms with van der Waals surface area (Å²) in [5.41, 5.74) is -6.04. The maximum atomic E-state index is 16.4. The van der Waals surface area contributed by atoms with Gasteiger partial charge in [0.05, 0.1) is 24.6 Å². The van der Waals surface area contributed by atoms with Crippen molar-refractivity contribution in [3.8, 4) is 22.3 Å². The highest BCUT2D eigenvalue weighted by Gasteiger charge is 2.52. The Bertz CT molecular complexity index is 3250. The number of fused-ring (bicyclic) bond motifs is 10. The molecule has 1 spiro atoms. The van der Waals surface area contributed by atoms with Crippen LogP contribution in [0.1, 0.15) is 41.4 Å². The minimum Gasteiger partial charge on any atom is -0.309 e. The fourth-order valence-corrected chi connectivity index (χ4v) is 12.7. The van der Waals surface area contributed by atoms with Gasteiger partial charge in [0.2, 0.25) is 0 Å². The molecule has 0 N–H and O–H groups in total. The van der Waals surface area contributed by atoms with E-state index in [4.69, 9.17) is 5.48 Å². The van der Waals surface area contributed by atoms with E-state index in [-0.39, 0.29) is 21.2 Å². The van der Waals surface area contributed by atoms with Crippen molar-refractivity contribution >= 4 is 46.1 Å². The molecular weight excluding hydrogens is 682 g/mol. The number of hydrogen-bond acceptors (Lipinski definition) is 2. The fraction of sp³-hybridized carbons (Fsp3) is 0.0204. The van der Waals surface area contributed by atoms with Crippen molar-refractivity contribution in [1.82, 2.24) is 0 Å². The maximum absolute atomic E-state index is 16.4. The molecule has 8 aromatic carbocycles. The van der Waals surface area contributed by atoms with E-state index >= 15 is 9.13 Å². The summed E-state index contributed by atoms with van der Waals surface area (Å²) in [6, 6.07) is 21.6. The Kier molecular flexibility index (Phi) is 4.69. The summed E-state index contributed by atoms with van der Waals surface area (Å²) in [6.07, 6.45) is 0. The van der Waals surface area contributed by atoms with Crippen LogP contribution in [0, 0.1) is 0 Å². The van der Waals surface area contributed by atoms with E-state index in [1.807, 2.05) is 0 Å². The molecule has 53 heavy (non-hydrogen) atoms. The highest BCUT2D eigenvalue weighted by molar-refractivity contribution is 7.85. The van der Waals surface area contributed by atoms with Crippen LogP contribution < -0.4 is 31.8 Å². The minimum absolute atomic E-state index is 0.160. The lowest BCUT2D eigenvalue weighted by Gasteiger charge is -2.32. The summed E-state index contributed by atoms with van der Waals surface area (Å²) in [6.45, 7) is 0. The van der Waals surface area contributed by atoms with Crippen LogP contribution in [0.3, 0.4) is 0 Å². The van der Waals surface area contributed by atoms with Crippen molar-refractivity contribution in [1.29, 1.82) is 0 Å². The third-order valence-corrected chi connectivity index (χ3v) is 15.9. The van der Waals surface area contributed by atoms with Gasteiger partial charge in [-0.25, -0.2) is 0 Å². The largest absolute Gasteiger partial charge is 0.309 e. The first-order chi connectivity index (χ1) is 31.9. The molecule has 2 nitrogen and oxygen atoms in total. The smallest absolute Gasteiger partial charge is 0.171 e. The Morgan fingerprint density at radius 2 is 0.642 bits per heavy atom. The highest BCUT2D eigenvalue weighted by Crippen LogP contribution is 2.63. The van der Waals surface area contributed by atoms with Gasteiger partial charge in [0.1, 0.15) is 0 Å². The molecule has 4 heteroatoms.